The quantitative estimate of drug-likeness (QED) is 0.410. The minimum atomic E-state index is -0.440. The zero-order valence-electron chi connectivity index (χ0n) is 7.86. The predicted octanol–water partition coefficient (Wildman–Crippen LogP) is 0.621. The van der Waals surface area contributed by atoms with Crippen LogP contribution in [0.4, 0.5) is 11.5 Å². The van der Waals surface area contributed by atoms with Crippen LogP contribution >= 0.6 is 0 Å². The molecular weight excluding hydrogens is 184 g/mol. The number of likely N-dealkylation sites (N-methyl/N-ethyl adjacent to an activating group) is 1. The highest BCUT2D eigenvalue weighted by molar-refractivity contribution is 5.44. The van der Waals surface area contributed by atoms with Crippen LogP contribution < -0.4 is 10.6 Å². The fourth-order valence-electron chi connectivity index (χ4n) is 0.945. The molecule has 76 valence electrons. The molecule has 1 aromatic rings. The summed E-state index contributed by atoms with van der Waals surface area (Å²) in [4.78, 5) is 13.9. The van der Waals surface area contributed by atoms with E-state index in [2.05, 4.69) is 15.6 Å². The lowest BCUT2D eigenvalue weighted by Crippen LogP contribution is -2.18. The summed E-state index contributed by atoms with van der Waals surface area (Å²) in [5.41, 5.74) is 0.0481. The SMILES string of the molecule is CNCCNc1cc([N+](=O)[O-])ccn1. The Kier molecular flexibility index (Phi) is 3.81. The molecule has 1 aromatic heterocycles. The van der Waals surface area contributed by atoms with E-state index in [0.29, 0.717) is 12.4 Å². The molecule has 0 fully saturated rings. The number of pyridine rings is 1. The lowest BCUT2D eigenvalue weighted by molar-refractivity contribution is -0.384. The number of aromatic nitrogens is 1. The Morgan fingerprint density at radius 1 is 1.57 bits per heavy atom. The van der Waals surface area contributed by atoms with Crippen molar-refractivity contribution in [1.29, 1.82) is 0 Å². The highest BCUT2D eigenvalue weighted by Gasteiger charge is 2.05. The van der Waals surface area contributed by atoms with Gasteiger partial charge < -0.3 is 10.6 Å². The van der Waals surface area contributed by atoms with Crippen LogP contribution in [-0.2, 0) is 0 Å². The first-order valence-electron chi connectivity index (χ1n) is 4.23. The van der Waals surface area contributed by atoms with E-state index >= 15 is 0 Å². The van der Waals surface area contributed by atoms with Gasteiger partial charge in [-0.05, 0) is 7.05 Å². The lowest BCUT2D eigenvalue weighted by Gasteiger charge is -2.03. The zero-order chi connectivity index (χ0) is 10.4. The first-order valence-corrected chi connectivity index (χ1v) is 4.23. The largest absolute Gasteiger partial charge is 0.369 e. The molecule has 0 spiro atoms. The maximum atomic E-state index is 10.4. The van der Waals surface area contributed by atoms with E-state index in [0.717, 1.165) is 6.54 Å². The van der Waals surface area contributed by atoms with Crippen LogP contribution in [-0.4, -0.2) is 30.0 Å². The zero-order valence-corrected chi connectivity index (χ0v) is 7.86. The smallest absolute Gasteiger partial charge is 0.274 e. The van der Waals surface area contributed by atoms with E-state index in [1.54, 1.807) is 0 Å². The Labute approximate surface area is 81.5 Å². The van der Waals surface area contributed by atoms with Gasteiger partial charge in [0.15, 0.2) is 0 Å². The van der Waals surface area contributed by atoms with Crippen molar-refractivity contribution >= 4 is 11.5 Å². The van der Waals surface area contributed by atoms with Gasteiger partial charge >= 0.3 is 0 Å². The number of nitro groups is 1. The number of rotatable bonds is 5. The van der Waals surface area contributed by atoms with Crippen LogP contribution in [0, 0.1) is 10.1 Å². The average molecular weight is 196 g/mol. The molecule has 1 heterocycles. The molecule has 1 rings (SSSR count). The Hall–Kier alpha value is -1.69. The van der Waals surface area contributed by atoms with E-state index in [1.165, 1.54) is 18.3 Å². The molecule has 0 saturated heterocycles. The van der Waals surface area contributed by atoms with Gasteiger partial charge in [0, 0.05) is 25.4 Å². The van der Waals surface area contributed by atoms with E-state index in [-0.39, 0.29) is 5.69 Å². The van der Waals surface area contributed by atoms with Gasteiger partial charge in [0.25, 0.3) is 5.69 Å². The normalized spacial score (nSPS) is 9.79. The Morgan fingerprint density at radius 3 is 3.00 bits per heavy atom. The summed E-state index contributed by atoms with van der Waals surface area (Å²) in [6, 6.07) is 2.78. The number of nitrogens with zero attached hydrogens (tertiary/aromatic N) is 2. The first-order chi connectivity index (χ1) is 6.74. The van der Waals surface area contributed by atoms with E-state index in [9.17, 15) is 10.1 Å². The standard InChI is InChI=1S/C8H12N4O2/c1-9-4-5-11-8-6-7(12(13)14)2-3-10-8/h2-3,6,9H,4-5H2,1H3,(H,10,11). The van der Waals surface area contributed by atoms with Crippen molar-refractivity contribution in [3.05, 3.63) is 28.4 Å². The first kappa shape index (κ1) is 10.4. The van der Waals surface area contributed by atoms with Gasteiger partial charge in [0.1, 0.15) is 5.82 Å². The second-order valence-electron chi connectivity index (χ2n) is 2.69. The molecule has 0 amide bonds. The third-order valence-corrected chi connectivity index (χ3v) is 1.64. The topological polar surface area (TPSA) is 80.1 Å². The minimum absolute atomic E-state index is 0.0481. The molecular formula is C8H12N4O2. The molecule has 6 heteroatoms. The van der Waals surface area contributed by atoms with Crippen molar-refractivity contribution < 1.29 is 4.92 Å². The fraction of sp³-hybridized carbons (Fsp3) is 0.375. The molecule has 0 saturated carbocycles. The van der Waals surface area contributed by atoms with Gasteiger partial charge in [-0.15, -0.1) is 0 Å². The molecule has 6 nitrogen and oxygen atoms in total. The maximum Gasteiger partial charge on any atom is 0.274 e. The summed E-state index contributed by atoms with van der Waals surface area (Å²) in [6.07, 6.45) is 1.42. The van der Waals surface area contributed by atoms with Crippen LogP contribution in [0.1, 0.15) is 0 Å². The van der Waals surface area contributed by atoms with Crippen LogP contribution in [0.15, 0.2) is 18.3 Å². The number of nitrogens with one attached hydrogen (secondary N) is 2. The molecule has 2 N–H and O–H groups in total. The Bertz CT molecular complexity index is 316. The number of anilines is 1. The Balaban J connectivity index is 2.59. The summed E-state index contributed by atoms with van der Waals surface area (Å²) >= 11 is 0. The van der Waals surface area contributed by atoms with Crippen molar-refractivity contribution in [2.75, 3.05) is 25.5 Å². The van der Waals surface area contributed by atoms with Gasteiger partial charge in [-0.2, -0.15) is 0 Å². The van der Waals surface area contributed by atoms with Crippen LogP contribution in [0.3, 0.4) is 0 Å². The van der Waals surface area contributed by atoms with Crippen molar-refractivity contribution in [2.24, 2.45) is 0 Å². The Morgan fingerprint density at radius 2 is 2.36 bits per heavy atom. The molecule has 0 aliphatic rings. The monoisotopic (exact) mass is 196 g/mol. The van der Waals surface area contributed by atoms with Gasteiger partial charge in [-0.25, -0.2) is 4.98 Å². The average Bonchev–Trinajstić information content (AvgIpc) is 2.19. The third kappa shape index (κ3) is 2.98. The molecule has 0 atom stereocenters. The predicted molar refractivity (Wildman–Crippen MR) is 53.3 cm³/mol. The summed E-state index contributed by atoms with van der Waals surface area (Å²) < 4.78 is 0. The minimum Gasteiger partial charge on any atom is -0.369 e. The molecule has 0 unspecified atom stereocenters. The van der Waals surface area contributed by atoms with Crippen molar-refractivity contribution in [1.82, 2.24) is 10.3 Å². The molecule has 0 aromatic carbocycles. The summed E-state index contributed by atoms with van der Waals surface area (Å²) in [5.74, 6) is 0.523. The number of hydrogen-bond acceptors (Lipinski definition) is 5. The van der Waals surface area contributed by atoms with Gasteiger partial charge in [-0.1, -0.05) is 0 Å². The molecule has 14 heavy (non-hydrogen) atoms. The van der Waals surface area contributed by atoms with Gasteiger partial charge in [-0.3, -0.25) is 10.1 Å². The second-order valence-corrected chi connectivity index (χ2v) is 2.69. The maximum absolute atomic E-state index is 10.4. The fourth-order valence-corrected chi connectivity index (χ4v) is 0.945. The van der Waals surface area contributed by atoms with Gasteiger partial charge in [0.2, 0.25) is 0 Å². The second kappa shape index (κ2) is 5.13. The van der Waals surface area contributed by atoms with E-state index in [1.807, 2.05) is 7.05 Å². The highest BCUT2D eigenvalue weighted by Crippen LogP contribution is 2.13. The molecule has 0 bridgehead atoms. The molecule has 0 aliphatic carbocycles. The van der Waals surface area contributed by atoms with Crippen LogP contribution in [0.25, 0.3) is 0 Å². The van der Waals surface area contributed by atoms with E-state index in [4.69, 9.17) is 0 Å². The lowest BCUT2D eigenvalue weighted by atomic mass is 10.4. The van der Waals surface area contributed by atoms with Gasteiger partial charge in [0.05, 0.1) is 11.0 Å². The number of hydrogen-bond donors (Lipinski definition) is 2. The van der Waals surface area contributed by atoms with Crippen LogP contribution in [0.2, 0.25) is 0 Å². The van der Waals surface area contributed by atoms with Crippen molar-refractivity contribution in [2.45, 2.75) is 0 Å². The summed E-state index contributed by atoms with van der Waals surface area (Å²) in [7, 11) is 1.84. The highest BCUT2D eigenvalue weighted by atomic mass is 16.6. The van der Waals surface area contributed by atoms with E-state index < -0.39 is 4.92 Å². The molecule has 0 aliphatic heterocycles. The van der Waals surface area contributed by atoms with Crippen molar-refractivity contribution in [3.8, 4) is 0 Å². The van der Waals surface area contributed by atoms with Crippen LogP contribution in [0.5, 0.6) is 0 Å². The van der Waals surface area contributed by atoms with Crippen molar-refractivity contribution in [3.63, 3.8) is 0 Å². The summed E-state index contributed by atoms with van der Waals surface area (Å²) in [5, 5.41) is 16.3. The third-order valence-electron chi connectivity index (χ3n) is 1.64. The molecule has 0 radical (unpaired) electrons. The summed E-state index contributed by atoms with van der Waals surface area (Å²) in [6.45, 7) is 1.47.